The Morgan fingerprint density at radius 1 is 1.30 bits per heavy atom. The lowest BCUT2D eigenvalue weighted by Crippen LogP contribution is -2.50. The molecule has 0 aromatic heterocycles. The lowest BCUT2D eigenvalue weighted by Gasteiger charge is -2.37. The molecule has 1 spiro atoms. The van der Waals surface area contributed by atoms with Crippen molar-refractivity contribution in [3.05, 3.63) is 28.7 Å². The van der Waals surface area contributed by atoms with Gasteiger partial charge >= 0.3 is 6.03 Å². The van der Waals surface area contributed by atoms with Gasteiger partial charge in [-0.25, -0.2) is 4.79 Å². The number of likely N-dealkylation sites (tertiary alicyclic amines) is 1. The van der Waals surface area contributed by atoms with E-state index in [2.05, 4.69) is 21.2 Å². The Morgan fingerprint density at radius 2 is 2.04 bits per heavy atom. The lowest BCUT2D eigenvalue weighted by atomic mass is 10.0. The summed E-state index contributed by atoms with van der Waals surface area (Å²) in [6.07, 6.45) is 1.46. The van der Waals surface area contributed by atoms with Gasteiger partial charge in [-0.2, -0.15) is 0 Å². The Hall–Kier alpha value is -1.31. The molecule has 0 aliphatic carbocycles. The number of ether oxygens (including phenoxy) is 3. The molecule has 0 radical (unpaired) electrons. The zero-order valence-electron chi connectivity index (χ0n) is 12.9. The number of nitrogens with one attached hydrogen (secondary N) is 1. The standard InChI is InChI=1S/C16H21BrN2O4/c17-13-2-1-3-14(12-13)21-9-6-18-15(20)19-7-4-16(5-8-19)22-10-11-23-16/h1-3,12H,4-11H2,(H,18,20). The molecule has 2 heterocycles. The fraction of sp³-hybridized carbons (Fsp3) is 0.562. The van der Waals surface area contributed by atoms with Crippen LogP contribution in [0.2, 0.25) is 0 Å². The molecule has 7 heteroatoms. The number of amides is 2. The minimum absolute atomic E-state index is 0.0595. The average molecular weight is 385 g/mol. The fourth-order valence-electron chi connectivity index (χ4n) is 2.83. The maximum atomic E-state index is 12.1. The molecule has 2 amide bonds. The molecule has 2 saturated heterocycles. The number of halogens is 1. The molecule has 0 unspecified atom stereocenters. The molecule has 0 bridgehead atoms. The maximum Gasteiger partial charge on any atom is 0.317 e. The predicted molar refractivity (Wildman–Crippen MR) is 88.5 cm³/mol. The zero-order chi connectivity index (χ0) is 16.1. The molecule has 6 nitrogen and oxygen atoms in total. The number of urea groups is 1. The van der Waals surface area contributed by atoms with E-state index >= 15 is 0 Å². The van der Waals surface area contributed by atoms with Crippen LogP contribution >= 0.6 is 15.9 Å². The average Bonchev–Trinajstić information content (AvgIpc) is 3.00. The van der Waals surface area contributed by atoms with Gasteiger partial charge in [-0.1, -0.05) is 22.0 Å². The van der Waals surface area contributed by atoms with Gasteiger partial charge in [0.1, 0.15) is 12.4 Å². The van der Waals surface area contributed by atoms with Gasteiger partial charge in [0, 0.05) is 30.4 Å². The number of piperidine rings is 1. The van der Waals surface area contributed by atoms with Crippen LogP contribution in [0.25, 0.3) is 0 Å². The molecule has 1 aromatic rings. The van der Waals surface area contributed by atoms with Crippen LogP contribution in [0.4, 0.5) is 4.79 Å². The van der Waals surface area contributed by atoms with Gasteiger partial charge < -0.3 is 24.4 Å². The lowest BCUT2D eigenvalue weighted by molar-refractivity contribution is -0.181. The molecule has 1 N–H and O–H groups in total. The summed E-state index contributed by atoms with van der Waals surface area (Å²) in [5, 5.41) is 2.88. The molecular formula is C16H21BrN2O4. The quantitative estimate of drug-likeness (QED) is 0.809. The van der Waals surface area contributed by atoms with Crippen molar-refractivity contribution in [2.75, 3.05) is 39.5 Å². The second kappa shape index (κ2) is 7.51. The van der Waals surface area contributed by atoms with Crippen LogP contribution in [0.1, 0.15) is 12.8 Å². The summed E-state index contributed by atoms with van der Waals surface area (Å²) in [4.78, 5) is 13.9. The van der Waals surface area contributed by atoms with Crippen LogP contribution in [-0.2, 0) is 9.47 Å². The smallest absolute Gasteiger partial charge is 0.317 e. The Bertz CT molecular complexity index is 539. The van der Waals surface area contributed by atoms with Gasteiger partial charge in [0.15, 0.2) is 5.79 Å². The Labute approximate surface area is 144 Å². The summed E-state index contributed by atoms with van der Waals surface area (Å²) in [6.45, 7) is 3.51. The Balaban J connectivity index is 1.35. The highest BCUT2D eigenvalue weighted by molar-refractivity contribution is 9.10. The minimum Gasteiger partial charge on any atom is -0.492 e. The monoisotopic (exact) mass is 384 g/mol. The van der Waals surface area contributed by atoms with E-state index in [0.717, 1.165) is 23.1 Å². The minimum atomic E-state index is -0.444. The van der Waals surface area contributed by atoms with Crippen molar-refractivity contribution < 1.29 is 19.0 Å². The molecule has 126 valence electrons. The van der Waals surface area contributed by atoms with Crippen molar-refractivity contribution in [1.82, 2.24) is 10.2 Å². The van der Waals surface area contributed by atoms with Gasteiger partial charge in [0.05, 0.1) is 19.8 Å². The van der Waals surface area contributed by atoms with E-state index in [4.69, 9.17) is 14.2 Å². The maximum absolute atomic E-state index is 12.1. The van der Waals surface area contributed by atoms with Crippen LogP contribution in [-0.4, -0.2) is 56.2 Å². The zero-order valence-corrected chi connectivity index (χ0v) is 14.5. The SMILES string of the molecule is O=C(NCCOc1cccc(Br)c1)N1CCC2(CC1)OCCO2. The van der Waals surface area contributed by atoms with E-state index in [1.54, 1.807) is 4.90 Å². The third kappa shape index (κ3) is 4.37. The van der Waals surface area contributed by atoms with Crippen LogP contribution in [0.3, 0.4) is 0 Å². The van der Waals surface area contributed by atoms with Crippen molar-refractivity contribution >= 4 is 22.0 Å². The summed E-state index contributed by atoms with van der Waals surface area (Å²) < 4.78 is 17.9. The molecule has 3 rings (SSSR count). The topological polar surface area (TPSA) is 60.0 Å². The molecule has 0 atom stereocenters. The van der Waals surface area contributed by atoms with E-state index in [9.17, 15) is 4.79 Å². The summed E-state index contributed by atoms with van der Waals surface area (Å²) in [6, 6.07) is 7.58. The van der Waals surface area contributed by atoms with E-state index in [-0.39, 0.29) is 6.03 Å². The highest BCUT2D eigenvalue weighted by Crippen LogP contribution is 2.31. The second-order valence-corrected chi connectivity index (χ2v) is 6.55. The second-order valence-electron chi connectivity index (χ2n) is 5.63. The highest BCUT2D eigenvalue weighted by atomic mass is 79.9. The van der Waals surface area contributed by atoms with Gasteiger partial charge in [-0.05, 0) is 18.2 Å². The van der Waals surface area contributed by atoms with Gasteiger partial charge in [-0.15, -0.1) is 0 Å². The number of carbonyl (C=O) groups is 1. The molecule has 1 aromatic carbocycles. The van der Waals surface area contributed by atoms with Crippen LogP contribution in [0, 0.1) is 0 Å². The summed E-state index contributed by atoms with van der Waals surface area (Å²) in [5.74, 6) is 0.338. The largest absolute Gasteiger partial charge is 0.492 e. The number of carbonyl (C=O) groups excluding carboxylic acids is 1. The third-order valence-electron chi connectivity index (χ3n) is 4.07. The summed E-state index contributed by atoms with van der Waals surface area (Å²) in [7, 11) is 0. The first kappa shape index (κ1) is 16.5. The summed E-state index contributed by atoms with van der Waals surface area (Å²) in [5.41, 5.74) is 0. The molecular weight excluding hydrogens is 364 g/mol. The molecule has 2 aliphatic heterocycles. The van der Waals surface area contributed by atoms with Crippen LogP contribution in [0.5, 0.6) is 5.75 Å². The first-order valence-corrected chi connectivity index (χ1v) is 8.65. The normalized spacial score (nSPS) is 19.8. The first-order valence-electron chi connectivity index (χ1n) is 7.86. The number of rotatable bonds is 4. The highest BCUT2D eigenvalue weighted by Gasteiger charge is 2.40. The Kier molecular flexibility index (Phi) is 5.40. The van der Waals surface area contributed by atoms with Crippen molar-refractivity contribution in [3.63, 3.8) is 0 Å². The molecule has 23 heavy (non-hydrogen) atoms. The van der Waals surface area contributed by atoms with Crippen molar-refractivity contribution in [1.29, 1.82) is 0 Å². The number of nitrogens with zero attached hydrogens (tertiary/aromatic N) is 1. The van der Waals surface area contributed by atoms with Crippen molar-refractivity contribution in [2.24, 2.45) is 0 Å². The number of benzene rings is 1. The fourth-order valence-corrected chi connectivity index (χ4v) is 3.21. The molecule has 0 saturated carbocycles. The van der Waals surface area contributed by atoms with Crippen LogP contribution in [0.15, 0.2) is 28.7 Å². The molecule has 2 fully saturated rings. The molecule has 2 aliphatic rings. The van der Waals surface area contributed by atoms with Gasteiger partial charge in [-0.3, -0.25) is 0 Å². The van der Waals surface area contributed by atoms with E-state index in [1.807, 2.05) is 24.3 Å². The van der Waals surface area contributed by atoms with Crippen molar-refractivity contribution in [3.8, 4) is 5.75 Å². The van der Waals surface area contributed by atoms with Gasteiger partial charge in [0.25, 0.3) is 0 Å². The number of hydrogen-bond acceptors (Lipinski definition) is 4. The summed E-state index contributed by atoms with van der Waals surface area (Å²) >= 11 is 3.39. The van der Waals surface area contributed by atoms with E-state index in [0.29, 0.717) is 39.5 Å². The van der Waals surface area contributed by atoms with Crippen molar-refractivity contribution in [2.45, 2.75) is 18.6 Å². The Morgan fingerprint density at radius 3 is 2.74 bits per heavy atom. The predicted octanol–water partition coefficient (Wildman–Crippen LogP) is 2.38. The first-order chi connectivity index (χ1) is 11.2. The van der Waals surface area contributed by atoms with Crippen LogP contribution < -0.4 is 10.1 Å². The van der Waals surface area contributed by atoms with E-state index < -0.39 is 5.79 Å². The van der Waals surface area contributed by atoms with Gasteiger partial charge in [0.2, 0.25) is 0 Å². The van der Waals surface area contributed by atoms with E-state index in [1.165, 1.54) is 0 Å². The third-order valence-corrected chi connectivity index (χ3v) is 4.56. The number of hydrogen-bond donors (Lipinski definition) is 1.